The molecule has 160 valence electrons. The molecule has 0 spiro atoms. The fourth-order valence-corrected chi connectivity index (χ4v) is 3.42. The average molecular weight is 427 g/mol. The van der Waals surface area contributed by atoms with Gasteiger partial charge >= 0.3 is 0 Å². The van der Waals surface area contributed by atoms with Crippen molar-refractivity contribution in [1.29, 1.82) is 0 Å². The first-order chi connectivity index (χ1) is 14.4. The number of nitrogens with zero attached hydrogens (tertiary/aromatic N) is 2. The molecule has 1 amide bonds. The molecule has 6 nitrogen and oxygen atoms in total. The lowest BCUT2D eigenvalue weighted by Crippen LogP contribution is -2.45. The number of carbonyl (C=O) groups is 1. The van der Waals surface area contributed by atoms with E-state index in [0.717, 1.165) is 37.6 Å². The highest BCUT2D eigenvalue weighted by molar-refractivity contribution is 7.80. The Morgan fingerprint density at radius 2 is 1.83 bits per heavy atom. The lowest BCUT2D eigenvalue weighted by Gasteiger charge is -2.35. The number of hydrogen-bond acceptors (Lipinski definition) is 5. The normalized spacial score (nSPS) is 14.5. The van der Waals surface area contributed by atoms with Crippen LogP contribution in [0.25, 0.3) is 0 Å². The van der Waals surface area contributed by atoms with E-state index in [1.165, 1.54) is 0 Å². The number of carbonyl (C=O) groups excluding carboxylic acids is 1. The third kappa shape index (κ3) is 6.18. The second kappa shape index (κ2) is 10.4. The Labute approximate surface area is 184 Å². The predicted octanol–water partition coefficient (Wildman–Crippen LogP) is 3.60. The van der Waals surface area contributed by atoms with Gasteiger partial charge in [-0.05, 0) is 55.5 Å². The van der Waals surface area contributed by atoms with Crippen molar-refractivity contribution in [2.45, 2.75) is 13.8 Å². The summed E-state index contributed by atoms with van der Waals surface area (Å²) in [4.78, 5) is 17.3. The lowest BCUT2D eigenvalue weighted by molar-refractivity contribution is 0.0977. The number of benzene rings is 2. The van der Waals surface area contributed by atoms with Gasteiger partial charge in [0, 0.05) is 31.7 Å². The number of piperazine rings is 1. The number of ether oxygens (including phenoxy) is 1. The third-order valence-corrected chi connectivity index (χ3v) is 5.11. The van der Waals surface area contributed by atoms with Gasteiger partial charge in [-0.25, -0.2) is 0 Å². The van der Waals surface area contributed by atoms with Gasteiger partial charge in [0.2, 0.25) is 0 Å². The first-order valence-corrected chi connectivity index (χ1v) is 10.7. The van der Waals surface area contributed by atoms with Crippen molar-refractivity contribution in [2.75, 3.05) is 50.1 Å². The molecule has 1 heterocycles. The largest absolute Gasteiger partial charge is 0.493 e. The molecule has 2 N–H and O–H groups in total. The maximum Gasteiger partial charge on any atom is 0.257 e. The van der Waals surface area contributed by atoms with Crippen molar-refractivity contribution < 1.29 is 9.53 Å². The molecule has 1 aliphatic heterocycles. The standard InChI is InChI=1S/C23H30N4O2S/c1-17(2)16-29-19-8-6-7-18(15-19)22(28)25-23(30)24-20-9-4-5-10-21(20)27-13-11-26(3)12-14-27/h4-10,15,17H,11-14,16H2,1-3H3,(H2,24,25,28,30). The van der Waals surface area contributed by atoms with E-state index in [4.69, 9.17) is 17.0 Å². The van der Waals surface area contributed by atoms with Crippen LogP contribution in [0.3, 0.4) is 0 Å². The first-order valence-electron chi connectivity index (χ1n) is 10.3. The molecule has 1 aliphatic rings. The molecule has 3 rings (SSSR count). The van der Waals surface area contributed by atoms with Gasteiger partial charge in [-0.15, -0.1) is 0 Å². The van der Waals surface area contributed by atoms with Crippen LogP contribution in [-0.4, -0.2) is 55.8 Å². The molecule has 0 radical (unpaired) electrons. The fourth-order valence-electron chi connectivity index (χ4n) is 3.22. The van der Waals surface area contributed by atoms with Gasteiger partial charge in [-0.3, -0.25) is 10.1 Å². The smallest absolute Gasteiger partial charge is 0.257 e. The molecule has 0 aromatic heterocycles. The zero-order chi connectivity index (χ0) is 21.5. The molecule has 0 bridgehead atoms. The van der Waals surface area contributed by atoms with Gasteiger partial charge in [0.25, 0.3) is 5.91 Å². The highest BCUT2D eigenvalue weighted by Crippen LogP contribution is 2.26. The number of hydrogen-bond donors (Lipinski definition) is 2. The summed E-state index contributed by atoms with van der Waals surface area (Å²) < 4.78 is 5.71. The summed E-state index contributed by atoms with van der Waals surface area (Å²) >= 11 is 5.41. The molecule has 0 unspecified atom stereocenters. The Morgan fingerprint density at radius 1 is 1.10 bits per heavy atom. The van der Waals surface area contributed by atoms with Crippen LogP contribution in [0.5, 0.6) is 5.75 Å². The summed E-state index contributed by atoms with van der Waals surface area (Å²) in [7, 11) is 2.13. The molecule has 2 aromatic rings. The van der Waals surface area contributed by atoms with Crippen LogP contribution < -0.4 is 20.3 Å². The lowest BCUT2D eigenvalue weighted by atomic mass is 10.2. The van der Waals surface area contributed by atoms with Crippen molar-refractivity contribution in [2.24, 2.45) is 5.92 Å². The second-order valence-corrected chi connectivity index (χ2v) is 8.36. The second-order valence-electron chi connectivity index (χ2n) is 7.95. The number of likely N-dealkylation sites (N-methyl/N-ethyl adjacent to an activating group) is 1. The average Bonchev–Trinajstić information content (AvgIpc) is 2.73. The molecule has 0 aliphatic carbocycles. The van der Waals surface area contributed by atoms with E-state index >= 15 is 0 Å². The van der Waals surface area contributed by atoms with Gasteiger partial charge in [0.15, 0.2) is 5.11 Å². The molecule has 0 saturated carbocycles. The van der Waals surface area contributed by atoms with Crippen LogP contribution in [0.4, 0.5) is 11.4 Å². The van der Waals surface area contributed by atoms with E-state index in [9.17, 15) is 4.79 Å². The molecule has 1 fully saturated rings. The van der Waals surface area contributed by atoms with E-state index in [-0.39, 0.29) is 11.0 Å². The van der Waals surface area contributed by atoms with E-state index in [1.54, 1.807) is 12.1 Å². The molecule has 30 heavy (non-hydrogen) atoms. The van der Waals surface area contributed by atoms with Gasteiger partial charge in [-0.2, -0.15) is 0 Å². The highest BCUT2D eigenvalue weighted by atomic mass is 32.1. The molecule has 1 saturated heterocycles. The minimum Gasteiger partial charge on any atom is -0.493 e. The van der Waals surface area contributed by atoms with Crippen LogP contribution >= 0.6 is 12.2 Å². The third-order valence-electron chi connectivity index (χ3n) is 4.90. The van der Waals surface area contributed by atoms with E-state index in [2.05, 4.69) is 47.4 Å². The van der Waals surface area contributed by atoms with Crippen molar-refractivity contribution in [3.63, 3.8) is 0 Å². The molecular weight excluding hydrogens is 396 g/mol. The number of rotatable bonds is 6. The maximum atomic E-state index is 12.6. The summed E-state index contributed by atoms with van der Waals surface area (Å²) in [6, 6.07) is 15.2. The SMILES string of the molecule is CC(C)COc1cccc(C(=O)NC(=S)Nc2ccccc2N2CCN(C)CC2)c1. The molecule has 2 aromatic carbocycles. The van der Waals surface area contributed by atoms with E-state index < -0.39 is 0 Å². The van der Waals surface area contributed by atoms with Crippen molar-refractivity contribution in [3.8, 4) is 5.75 Å². The summed E-state index contributed by atoms with van der Waals surface area (Å²) in [5.74, 6) is 0.829. The number of amides is 1. The first kappa shape index (κ1) is 22.1. The van der Waals surface area contributed by atoms with Crippen molar-refractivity contribution in [1.82, 2.24) is 10.2 Å². The number of nitrogens with one attached hydrogen (secondary N) is 2. The number of para-hydroxylation sites is 2. The summed E-state index contributed by atoms with van der Waals surface area (Å²) in [5, 5.41) is 6.23. The Bertz CT molecular complexity index is 879. The minimum atomic E-state index is -0.264. The van der Waals surface area contributed by atoms with Crippen LogP contribution in [0.15, 0.2) is 48.5 Å². The molecular formula is C23H30N4O2S. The minimum absolute atomic E-state index is 0.264. The van der Waals surface area contributed by atoms with Gasteiger partial charge in [0.05, 0.1) is 18.0 Å². The molecule has 7 heteroatoms. The topological polar surface area (TPSA) is 56.8 Å². The van der Waals surface area contributed by atoms with E-state index in [1.807, 2.05) is 30.3 Å². The Balaban J connectivity index is 1.62. The predicted molar refractivity (Wildman–Crippen MR) is 127 cm³/mol. The number of thiocarbonyl (C=S) groups is 1. The maximum absolute atomic E-state index is 12.6. The van der Waals surface area contributed by atoms with Crippen molar-refractivity contribution in [3.05, 3.63) is 54.1 Å². The van der Waals surface area contributed by atoms with Crippen LogP contribution in [0.1, 0.15) is 24.2 Å². The van der Waals surface area contributed by atoms with Crippen molar-refractivity contribution >= 4 is 34.6 Å². The van der Waals surface area contributed by atoms with Gasteiger partial charge in [-0.1, -0.05) is 32.0 Å². The summed E-state index contributed by atoms with van der Waals surface area (Å²) in [6.45, 7) is 8.72. The Morgan fingerprint density at radius 3 is 2.57 bits per heavy atom. The Hall–Kier alpha value is -2.64. The van der Waals surface area contributed by atoms with Crippen LogP contribution in [0.2, 0.25) is 0 Å². The molecule has 0 atom stereocenters. The summed E-state index contributed by atoms with van der Waals surface area (Å²) in [6.07, 6.45) is 0. The zero-order valence-electron chi connectivity index (χ0n) is 17.9. The zero-order valence-corrected chi connectivity index (χ0v) is 18.7. The van der Waals surface area contributed by atoms with Gasteiger partial charge in [0.1, 0.15) is 5.75 Å². The van der Waals surface area contributed by atoms with Gasteiger partial charge < -0.3 is 19.9 Å². The highest BCUT2D eigenvalue weighted by Gasteiger charge is 2.17. The summed E-state index contributed by atoms with van der Waals surface area (Å²) in [5.41, 5.74) is 2.49. The van der Waals surface area contributed by atoms with Crippen LogP contribution in [0, 0.1) is 5.92 Å². The van der Waals surface area contributed by atoms with E-state index in [0.29, 0.717) is 23.8 Å². The number of anilines is 2. The van der Waals surface area contributed by atoms with Crippen LogP contribution in [-0.2, 0) is 0 Å². The Kier molecular flexibility index (Phi) is 7.65. The monoisotopic (exact) mass is 426 g/mol. The quantitative estimate of drug-likeness (QED) is 0.689. The fraction of sp³-hybridized carbons (Fsp3) is 0.391.